The summed E-state index contributed by atoms with van der Waals surface area (Å²) >= 11 is 0. The third-order valence-electron chi connectivity index (χ3n) is 4.83. The van der Waals surface area contributed by atoms with Gasteiger partial charge in [0.25, 0.3) is 5.56 Å². The molecule has 0 unspecified atom stereocenters. The third kappa shape index (κ3) is 2.22. The Morgan fingerprint density at radius 3 is 2.56 bits per heavy atom. The summed E-state index contributed by atoms with van der Waals surface area (Å²) in [6, 6.07) is 10.0. The molecular formula is C18H21N5O2. The van der Waals surface area contributed by atoms with E-state index in [1.165, 1.54) is 9.13 Å². The summed E-state index contributed by atoms with van der Waals surface area (Å²) in [7, 11) is 1.67. The molecule has 0 saturated carbocycles. The first-order valence-corrected chi connectivity index (χ1v) is 8.55. The molecule has 4 rings (SSSR count). The average molecular weight is 339 g/mol. The van der Waals surface area contributed by atoms with E-state index in [0.717, 1.165) is 18.2 Å². The van der Waals surface area contributed by atoms with Gasteiger partial charge in [-0.3, -0.25) is 13.9 Å². The fourth-order valence-electron chi connectivity index (χ4n) is 3.61. The number of hydrogen-bond acceptors (Lipinski definition) is 4. The summed E-state index contributed by atoms with van der Waals surface area (Å²) in [5, 5.41) is 0. The Bertz CT molecular complexity index is 1060. The smallest absolute Gasteiger partial charge is 0.312 e. The number of rotatable bonds is 2. The maximum atomic E-state index is 12.9. The van der Waals surface area contributed by atoms with Crippen molar-refractivity contribution in [3.05, 3.63) is 51.2 Å². The second-order valence-electron chi connectivity index (χ2n) is 6.64. The van der Waals surface area contributed by atoms with Gasteiger partial charge in [0.2, 0.25) is 5.95 Å². The van der Waals surface area contributed by atoms with Crippen LogP contribution < -0.4 is 16.1 Å². The van der Waals surface area contributed by atoms with Crippen LogP contribution in [0.1, 0.15) is 13.8 Å². The van der Waals surface area contributed by atoms with Crippen molar-refractivity contribution in [2.45, 2.75) is 26.9 Å². The first-order chi connectivity index (χ1) is 12.0. The molecule has 25 heavy (non-hydrogen) atoms. The lowest BCUT2D eigenvalue weighted by molar-refractivity contribution is 0.458. The zero-order chi connectivity index (χ0) is 17.7. The van der Waals surface area contributed by atoms with Crippen LogP contribution in [0.3, 0.4) is 0 Å². The quantitative estimate of drug-likeness (QED) is 0.713. The predicted octanol–water partition coefficient (Wildman–Crippen LogP) is 1.70. The first-order valence-electron chi connectivity index (χ1n) is 8.55. The molecule has 0 saturated heterocycles. The van der Waals surface area contributed by atoms with Crippen molar-refractivity contribution < 1.29 is 0 Å². The van der Waals surface area contributed by atoms with Crippen molar-refractivity contribution in [1.82, 2.24) is 18.7 Å². The third-order valence-corrected chi connectivity index (χ3v) is 4.83. The van der Waals surface area contributed by atoms with Crippen LogP contribution in [0.4, 0.5) is 11.6 Å². The Hall–Kier alpha value is -2.83. The Labute approximate surface area is 144 Å². The summed E-state index contributed by atoms with van der Waals surface area (Å²) in [4.78, 5) is 32.1. The first kappa shape index (κ1) is 15.7. The average Bonchev–Trinajstić information content (AvgIpc) is 3.00. The highest BCUT2D eigenvalue weighted by Crippen LogP contribution is 2.32. The van der Waals surface area contributed by atoms with Gasteiger partial charge in [-0.1, -0.05) is 25.1 Å². The van der Waals surface area contributed by atoms with E-state index in [2.05, 4.69) is 16.8 Å². The minimum atomic E-state index is -0.324. The number of hydrogen-bond donors (Lipinski definition) is 0. The van der Waals surface area contributed by atoms with Crippen LogP contribution >= 0.6 is 0 Å². The SMILES string of the molecule is CCn1c(=O)c2c(nc3n2C[C@H](C)CN3c2ccccc2)n(C)c1=O. The van der Waals surface area contributed by atoms with Crippen molar-refractivity contribution in [2.24, 2.45) is 13.0 Å². The van der Waals surface area contributed by atoms with E-state index >= 15 is 0 Å². The van der Waals surface area contributed by atoms with E-state index in [1.54, 1.807) is 14.0 Å². The van der Waals surface area contributed by atoms with Crippen molar-refractivity contribution in [3.8, 4) is 0 Å². The Kier molecular flexibility index (Phi) is 3.52. The van der Waals surface area contributed by atoms with Crippen molar-refractivity contribution in [2.75, 3.05) is 11.4 Å². The summed E-state index contributed by atoms with van der Waals surface area (Å²) in [6.45, 7) is 5.85. The molecule has 1 atom stereocenters. The minimum absolute atomic E-state index is 0.263. The highest BCUT2D eigenvalue weighted by atomic mass is 16.2. The molecule has 0 aliphatic carbocycles. The molecule has 0 radical (unpaired) electrons. The molecule has 130 valence electrons. The highest BCUT2D eigenvalue weighted by molar-refractivity contribution is 5.77. The fourth-order valence-corrected chi connectivity index (χ4v) is 3.61. The maximum Gasteiger partial charge on any atom is 0.332 e. The summed E-state index contributed by atoms with van der Waals surface area (Å²) in [6.07, 6.45) is 0. The van der Waals surface area contributed by atoms with Crippen LogP contribution in [-0.4, -0.2) is 25.2 Å². The number of imidazole rings is 1. The summed E-state index contributed by atoms with van der Waals surface area (Å²) in [5.41, 5.74) is 1.40. The lowest BCUT2D eigenvalue weighted by atomic mass is 10.1. The zero-order valence-electron chi connectivity index (χ0n) is 14.6. The van der Waals surface area contributed by atoms with Crippen LogP contribution in [0.15, 0.2) is 39.9 Å². The Morgan fingerprint density at radius 2 is 1.88 bits per heavy atom. The minimum Gasteiger partial charge on any atom is -0.312 e. The summed E-state index contributed by atoms with van der Waals surface area (Å²) in [5.74, 6) is 1.08. The van der Waals surface area contributed by atoms with Gasteiger partial charge in [-0.15, -0.1) is 0 Å². The monoisotopic (exact) mass is 339 g/mol. The molecule has 1 aliphatic heterocycles. The Morgan fingerprint density at radius 1 is 1.16 bits per heavy atom. The van der Waals surface area contributed by atoms with Gasteiger partial charge >= 0.3 is 5.69 Å². The molecule has 7 heteroatoms. The number of fused-ring (bicyclic) bond motifs is 3. The molecule has 0 bridgehead atoms. The van der Waals surface area contributed by atoms with Gasteiger partial charge in [0.1, 0.15) is 0 Å². The van der Waals surface area contributed by atoms with E-state index in [9.17, 15) is 9.59 Å². The molecule has 1 aliphatic rings. The predicted molar refractivity (Wildman–Crippen MR) is 97.5 cm³/mol. The molecule has 0 amide bonds. The standard InChI is InChI=1S/C18H21N5O2/c1-4-21-16(24)14-15(20(3)18(21)25)19-17-22(10-12(2)11-23(14)17)13-8-6-5-7-9-13/h5-9,12H,4,10-11H2,1-3H3/t12-/m1/s1. The van der Waals surface area contributed by atoms with E-state index in [4.69, 9.17) is 0 Å². The number of anilines is 2. The van der Waals surface area contributed by atoms with Crippen molar-refractivity contribution in [3.63, 3.8) is 0 Å². The van der Waals surface area contributed by atoms with Crippen LogP contribution in [0, 0.1) is 5.92 Å². The molecule has 2 aromatic heterocycles. The van der Waals surface area contributed by atoms with Crippen LogP contribution in [0.2, 0.25) is 0 Å². The molecule has 3 heterocycles. The topological polar surface area (TPSA) is 65.1 Å². The number of aromatic nitrogens is 4. The fraction of sp³-hybridized carbons (Fsp3) is 0.389. The molecule has 0 spiro atoms. The molecular weight excluding hydrogens is 318 g/mol. The van der Waals surface area contributed by atoms with E-state index in [1.807, 2.05) is 34.9 Å². The van der Waals surface area contributed by atoms with Crippen LogP contribution in [-0.2, 0) is 20.1 Å². The maximum absolute atomic E-state index is 12.9. The van der Waals surface area contributed by atoms with Gasteiger partial charge in [-0.25, -0.2) is 4.79 Å². The van der Waals surface area contributed by atoms with Gasteiger partial charge in [0, 0.05) is 32.4 Å². The number of nitrogens with zero attached hydrogens (tertiary/aromatic N) is 5. The van der Waals surface area contributed by atoms with Crippen LogP contribution in [0.25, 0.3) is 11.2 Å². The van der Waals surface area contributed by atoms with E-state index in [-0.39, 0.29) is 11.2 Å². The molecule has 7 nitrogen and oxygen atoms in total. The lowest BCUT2D eigenvalue weighted by Crippen LogP contribution is -2.40. The van der Waals surface area contributed by atoms with Crippen molar-refractivity contribution >= 4 is 22.8 Å². The molecule has 0 fully saturated rings. The van der Waals surface area contributed by atoms with Crippen LogP contribution in [0.5, 0.6) is 0 Å². The normalized spacial score (nSPS) is 17.1. The molecule has 1 aromatic carbocycles. The number of benzene rings is 1. The van der Waals surface area contributed by atoms with Gasteiger partial charge in [-0.05, 0) is 25.0 Å². The van der Waals surface area contributed by atoms with Crippen molar-refractivity contribution in [1.29, 1.82) is 0 Å². The largest absolute Gasteiger partial charge is 0.332 e. The molecule has 3 aromatic rings. The van der Waals surface area contributed by atoms with Gasteiger partial charge in [0.05, 0.1) is 0 Å². The zero-order valence-corrected chi connectivity index (χ0v) is 14.6. The van der Waals surface area contributed by atoms with E-state index < -0.39 is 0 Å². The molecule has 0 N–H and O–H groups in total. The number of aryl methyl sites for hydroxylation is 1. The number of para-hydroxylation sites is 1. The lowest BCUT2D eigenvalue weighted by Gasteiger charge is -2.32. The van der Waals surface area contributed by atoms with Gasteiger partial charge in [-0.2, -0.15) is 4.98 Å². The second-order valence-corrected chi connectivity index (χ2v) is 6.64. The van der Waals surface area contributed by atoms with Gasteiger partial charge in [0.15, 0.2) is 11.2 Å². The summed E-state index contributed by atoms with van der Waals surface area (Å²) < 4.78 is 4.70. The highest BCUT2D eigenvalue weighted by Gasteiger charge is 2.29. The van der Waals surface area contributed by atoms with Gasteiger partial charge < -0.3 is 9.47 Å². The Balaban J connectivity index is 2.06. The van der Waals surface area contributed by atoms with E-state index in [0.29, 0.717) is 30.2 Å². The second kappa shape index (κ2) is 5.61.